The van der Waals surface area contributed by atoms with Crippen LogP contribution in [-0.2, 0) is 9.53 Å². The van der Waals surface area contributed by atoms with E-state index in [1.54, 1.807) is 33.1 Å². The Morgan fingerprint density at radius 2 is 2.22 bits per heavy atom. The molecule has 1 amide bonds. The van der Waals surface area contributed by atoms with Crippen molar-refractivity contribution in [2.45, 2.75) is 19.9 Å². The number of benzene rings is 1. The van der Waals surface area contributed by atoms with Crippen LogP contribution >= 0.6 is 0 Å². The molecule has 0 aliphatic carbocycles. The highest BCUT2D eigenvalue weighted by atomic mass is 19.1. The summed E-state index contributed by atoms with van der Waals surface area (Å²) in [4.78, 5) is 11.7. The van der Waals surface area contributed by atoms with E-state index < -0.39 is 6.04 Å². The Morgan fingerprint density at radius 1 is 1.50 bits per heavy atom. The van der Waals surface area contributed by atoms with E-state index in [-0.39, 0.29) is 11.7 Å². The zero-order chi connectivity index (χ0) is 13.5. The number of rotatable bonds is 6. The lowest BCUT2D eigenvalue weighted by Gasteiger charge is -2.17. The Balaban J connectivity index is 2.56. The minimum absolute atomic E-state index is 0.143. The van der Waals surface area contributed by atoms with Crippen LogP contribution in [0, 0.1) is 12.7 Å². The third-order valence-electron chi connectivity index (χ3n) is 2.64. The summed E-state index contributed by atoms with van der Waals surface area (Å²) in [6.07, 6.45) is 0. The summed E-state index contributed by atoms with van der Waals surface area (Å²) < 4.78 is 18.2. The van der Waals surface area contributed by atoms with Gasteiger partial charge >= 0.3 is 0 Å². The minimum atomic E-state index is -0.428. The molecule has 1 aromatic rings. The number of methoxy groups -OCH3 is 1. The lowest BCUT2D eigenvalue weighted by atomic mass is 10.1. The first-order chi connectivity index (χ1) is 8.56. The number of hydrogen-bond donors (Lipinski definition) is 2. The number of halogens is 1. The van der Waals surface area contributed by atoms with Crippen LogP contribution in [0.1, 0.15) is 12.5 Å². The Kier molecular flexibility index (Phi) is 5.58. The van der Waals surface area contributed by atoms with Gasteiger partial charge in [0.25, 0.3) is 0 Å². The minimum Gasteiger partial charge on any atom is -0.383 e. The molecule has 0 heterocycles. The summed E-state index contributed by atoms with van der Waals surface area (Å²) in [5, 5.41) is 5.70. The van der Waals surface area contributed by atoms with Crippen molar-refractivity contribution in [2.24, 2.45) is 0 Å². The van der Waals surface area contributed by atoms with Crippen molar-refractivity contribution in [3.63, 3.8) is 0 Å². The maximum absolute atomic E-state index is 13.3. The van der Waals surface area contributed by atoms with Gasteiger partial charge in [-0.25, -0.2) is 4.39 Å². The van der Waals surface area contributed by atoms with Gasteiger partial charge in [-0.2, -0.15) is 0 Å². The van der Waals surface area contributed by atoms with Crippen molar-refractivity contribution in [3.05, 3.63) is 29.6 Å². The molecule has 1 unspecified atom stereocenters. The summed E-state index contributed by atoms with van der Waals surface area (Å²) in [5.41, 5.74) is 1.14. The summed E-state index contributed by atoms with van der Waals surface area (Å²) >= 11 is 0. The highest BCUT2D eigenvalue weighted by Gasteiger charge is 2.13. The topological polar surface area (TPSA) is 50.4 Å². The molecule has 5 heteroatoms. The molecule has 1 aromatic carbocycles. The van der Waals surface area contributed by atoms with Crippen LogP contribution in [0.2, 0.25) is 0 Å². The second kappa shape index (κ2) is 6.96. The summed E-state index contributed by atoms with van der Waals surface area (Å²) in [6.45, 7) is 4.33. The Morgan fingerprint density at radius 3 is 2.89 bits per heavy atom. The molecule has 0 spiro atoms. The number of amides is 1. The molecule has 0 bridgehead atoms. The maximum Gasteiger partial charge on any atom is 0.242 e. The van der Waals surface area contributed by atoms with Crippen molar-refractivity contribution < 1.29 is 13.9 Å². The first-order valence-electron chi connectivity index (χ1n) is 5.84. The summed E-state index contributed by atoms with van der Waals surface area (Å²) in [5.74, 6) is -0.428. The molecule has 0 aliphatic heterocycles. The molecule has 0 fully saturated rings. The van der Waals surface area contributed by atoms with Gasteiger partial charge in [-0.15, -0.1) is 0 Å². The smallest absolute Gasteiger partial charge is 0.242 e. The third kappa shape index (κ3) is 4.00. The Bertz CT molecular complexity index is 410. The van der Waals surface area contributed by atoms with Crippen molar-refractivity contribution >= 4 is 11.6 Å². The maximum atomic E-state index is 13.3. The second-order valence-electron chi connectivity index (χ2n) is 4.06. The zero-order valence-corrected chi connectivity index (χ0v) is 10.9. The van der Waals surface area contributed by atoms with E-state index in [0.29, 0.717) is 24.4 Å². The molecule has 100 valence electrons. The molecule has 18 heavy (non-hydrogen) atoms. The Labute approximate surface area is 107 Å². The molecule has 0 radical (unpaired) electrons. The summed E-state index contributed by atoms with van der Waals surface area (Å²) in [6, 6.07) is 4.32. The fourth-order valence-corrected chi connectivity index (χ4v) is 1.49. The van der Waals surface area contributed by atoms with E-state index in [1.807, 2.05) is 0 Å². The van der Waals surface area contributed by atoms with Crippen LogP contribution in [0.5, 0.6) is 0 Å². The number of hydrogen-bond acceptors (Lipinski definition) is 3. The van der Waals surface area contributed by atoms with Crippen molar-refractivity contribution in [1.29, 1.82) is 0 Å². The first-order valence-corrected chi connectivity index (χ1v) is 5.84. The largest absolute Gasteiger partial charge is 0.383 e. The molecule has 0 aliphatic rings. The number of ether oxygens (including phenoxy) is 1. The number of anilines is 1. The highest BCUT2D eigenvalue weighted by molar-refractivity contribution is 5.84. The second-order valence-corrected chi connectivity index (χ2v) is 4.06. The molecular weight excluding hydrogens is 235 g/mol. The van der Waals surface area contributed by atoms with E-state index in [9.17, 15) is 9.18 Å². The molecule has 0 aromatic heterocycles. The van der Waals surface area contributed by atoms with Gasteiger partial charge in [0.2, 0.25) is 5.91 Å². The predicted molar refractivity (Wildman–Crippen MR) is 69.1 cm³/mol. The molecule has 0 saturated carbocycles. The van der Waals surface area contributed by atoms with Crippen LogP contribution in [0.15, 0.2) is 18.2 Å². The van der Waals surface area contributed by atoms with E-state index in [4.69, 9.17) is 4.74 Å². The number of nitrogens with one attached hydrogen (secondary N) is 2. The molecule has 0 saturated heterocycles. The summed E-state index contributed by atoms with van der Waals surface area (Å²) in [7, 11) is 1.57. The van der Waals surface area contributed by atoms with Crippen LogP contribution in [0.3, 0.4) is 0 Å². The van der Waals surface area contributed by atoms with Crippen molar-refractivity contribution in [1.82, 2.24) is 5.32 Å². The Hall–Kier alpha value is -1.62. The SMILES string of the molecule is COCCNC(=O)C(C)Nc1cccc(F)c1C. The van der Waals surface area contributed by atoms with Gasteiger partial charge in [0.1, 0.15) is 11.9 Å². The molecule has 1 rings (SSSR count). The van der Waals surface area contributed by atoms with Gasteiger partial charge < -0.3 is 15.4 Å². The number of carbonyl (C=O) groups is 1. The van der Waals surface area contributed by atoms with Gasteiger partial charge in [0, 0.05) is 24.9 Å². The standard InChI is InChI=1S/C13H19FN2O2/c1-9-11(14)5-4-6-12(9)16-10(2)13(17)15-7-8-18-3/h4-6,10,16H,7-8H2,1-3H3,(H,15,17). The highest BCUT2D eigenvalue weighted by Crippen LogP contribution is 2.18. The van der Waals surface area contributed by atoms with Gasteiger partial charge in [-0.3, -0.25) is 4.79 Å². The van der Waals surface area contributed by atoms with Gasteiger partial charge in [-0.05, 0) is 26.0 Å². The third-order valence-corrected chi connectivity index (χ3v) is 2.64. The first kappa shape index (κ1) is 14.4. The van der Waals surface area contributed by atoms with Gasteiger partial charge in [0.15, 0.2) is 0 Å². The zero-order valence-electron chi connectivity index (χ0n) is 10.9. The lowest BCUT2D eigenvalue weighted by molar-refractivity contribution is -0.121. The fraction of sp³-hybridized carbons (Fsp3) is 0.462. The van der Waals surface area contributed by atoms with E-state index in [1.165, 1.54) is 6.07 Å². The molecule has 1 atom stereocenters. The fourth-order valence-electron chi connectivity index (χ4n) is 1.49. The lowest BCUT2D eigenvalue weighted by Crippen LogP contribution is -2.39. The van der Waals surface area contributed by atoms with Gasteiger partial charge in [0.05, 0.1) is 6.61 Å². The van der Waals surface area contributed by atoms with Gasteiger partial charge in [-0.1, -0.05) is 6.07 Å². The van der Waals surface area contributed by atoms with Crippen molar-refractivity contribution in [2.75, 3.05) is 25.6 Å². The normalized spacial score (nSPS) is 12.0. The molecule has 4 nitrogen and oxygen atoms in total. The van der Waals surface area contributed by atoms with E-state index >= 15 is 0 Å². The van der Waals surface area contributed by atoms with Crippen LogP contribution in [-0.4, -0.2) is 32.2 Å². The van der Waals surface area contributed by atoms with Crippen LogP contribution < -0.4 is 10.6 Å². The van der Waals surface area contributed by atoms with Crippen LogP contribution in [0.25, 0.3) is 0 Å². The van der Waals surface area contributed by atoms with Crippen molar-refractivity contribution in [3.8, 4) is 0 Å². The van der Waals surface area contributed by atoms with Crippen LogP contribution in [0.4, 0.5) is 10.1 Å². The molecular formula is C13H19FN2O2. The van der Waals surface area contributed by atoms with E-state index in [2.05, 4.69) is 10.6 Å². The average Bonchev–Trinajstić information content (AvgIpc) is 2.35. The average molecular weight is 254 g/mol. The molecule has 2 N–H and O–H groups in total. The number of carbonyl (C=O) groups excluding carboxylic acids is 1. The monoisotopic (exact) mass is 254 g/mol. The quantitative estimate of drug-likeness (QED) is 0.760. The van der Waals surface area contributed by atoms with E-state index in [0.717, 1.165) is 0 Å². The predicted octanol–water partition coefficient (Wildman–Crippen LogP) is 1.70.